The maximum atomic E-state index is 12.6. The lowest BCUT2D eigenvalue weighted by Gasteiger charge is -2.34. The lowest BCUT2D eigenvalue weighted by atomic mass is 9.94. The molecule has 2 aliphatic rings. The second-order valence-corrected chi connectivity index (χ2v) is 6.85. The van der Waals surface area contributed by atoms with Gasteiger partial charge in [0.05, 0.1) is 0 Å². The molecule has 0 N–H and O–H groups in total. The molecule has 1 aliphatic heterocycles. The predicted octanol–water partition coefficient (Wildman–Crippen LogP) is 1.63. The van der Waals surface area contributed by atoms with E-state index in [-0.39, 0.29) is 10.9 Å². The number of para-hydroxylation sites is 1. The van der Waals surface area contributed by atoms with E-state index in [4.69, 9.17) is 9.47 Å². The van der Waals surface area contributed by atoms with E-state index in [9.17, 15) is 8.42 Å². The van der Waals surface area contributed by atoms with Crippen LogP contribution in [-0.2, 0) is 10.0 Å². The van der Waals surface area contributed by atoms with Gasteiger partial charge < -0.3 is 9.47 Å². The standard InChI is InChI=1S/C13H17NO4S/c1-14(10-4-2-5-10)19(15,16)12-7-3-6-11-13(12)18-9-8-17-11/h3,6-7,10H,2,4-5,8-9H2,1H3. The normalized spacial score (nSPS) is 19.3. The summed E-state index contributed by atoms with van der Waals surface area (Å²) in [7, 11) is -1.87. The number of ether oxygens (including phenoxy) is 2. The number of fused-ring (bicyclic) bond motifs is 1. The molecule has 1 aromatic carbocycles. The van der Waals surface area contributed by atoms with E-state index in [1.165, 1.54) is 4.31 Å². The third-order valence-corrected chi connectivity index (χ3v) is 5.71. The molecule has 0 saturated heterocycles. The van der Waals surface area contributed by atoms with E-state index in [1.807, 2.05) is 0 Å². The summed E-state index contributed by atoms with van der Waals surface area (Å²) in [6.07, 6.45) is 2.96. The molecule has 0 amide bonds. The van der Waals surface area contributed by atoms with E-state index >= 15 is 0 Å². The summed E-state index contributed by atoms with van der Waals surface area (Å²) in [5, 5.41) is 0. The Morgan fingerprint density at radius 2 is 1.95 bits per heavy atom. The monoisotopic (exact) mass is 283 g/mol. The van der Waals surface area contributed by atoms with Gasteiger partial charge in [-0.15, -0.1) is 0 Å². The van der Waals surface area contributed by atoms with Gasteiger partial charge >= 0.3 is 0 Å². The summed E-state index contributed by atoms with van der Waals surface area (Å²) in [6.45, 7) is 0.835. The van der Waals surface area contributed by atoms with Crippen LogP contribution in [0.1, 0.15) is 19.3 Å². The number of hydrogen-bond acceptors (Lipinski definition) is 4. The molecule has 6 heteroatoms. The zero-order valence-corrected chi connectivity index (χ0v) is 11.6. The predicted molar refractivity (Wildman–Crippen MR) is 70.0 cm³/mol. The van der Waals surface area contributed by atoms with E-state index < -0.39 is 10.0 Å². The number of sulfonamides is 1. The van der Waals surface area contributed by atoms with Gasteiger partial charge in [0.25, 0.3) is 0 Å². The highest BCUT2D eigenvalue weighted by molar-refractivity contribution is 7.89. The van der Waals surface area contributed by atoms with E-state index in [0.29, 0.717) is 24.7 Å². The van der Waals surface area contributed by atoms with Gasteiger partial charge in [0.1, 0.15) is 18.1 Å². The number of benzene rings is 1. The van der Waals surface area contributed by atoms with Crippen molar-refractivity contribution in [1.29, 1.82) is 0 Å². The summed E-state index contributed by atoms with van der Waals surface area (Å²) in [5.41, 5.74) is 0. The van der Waals surface area contributed by atoms with Gasteiger partial charge in [0.2, 0.25) is 10.0 Å². The second-order valence-electron chi connectivity index (χ2n) is 4.89. The first-order chi connectivity index (χ1) is 9.10. The maximum Gasteiger partial charge on any atom is 0.246 e. The van der Waals surface area contributed by atoms with Crippen molar-refractivity contribution in [2.75, 3.05) is 20.3 Å². The molecule has 0 aromatic heterocycles. The topological polar surface area (TPSA) is 55.8 Å². The van der Waals surface area contributed by atoms with Gasteiger partial charge in [-0.05, 0) is 25.0 Å². The highest BCUT2D eigenvalue weighted by atomic mass is 32.2. The smallest absolute Gasteiger partial charge is 0.246 e. The average molecular weight is 283 g/mol. The summed E-state index contributed by atoms with van der Waals surface area (Å²) in [6, 6.07) is 5.12. The van der Waals surface area contributed by atoms with E-state index in [0.717, 1.165) is 19.3 Å². The van der Waals surface area contributed by atoms with Crippen molar-refractivity contribution in [3.63, 3.8) is 0 Å². The summed E-state index contributed by atoms with van der Waals surface area (Å²) in [5.74, 6) is 0.856. The molecule has 1 aromatic rings. The Bertz CT molecular complexity index is 580. The van der Waals surface area contributed by atoms with Crippen LogP contribution in [0.25, 0.3) is 0 Å². The first-order valence-corrected chi connectivity index (χ1v) is 7.91. The van der Waals surface area contributed by atoms with Crippen molar-refractivity contribution in [3.8, 4) is 11.5 Å². The zero-order valence-electron chi connectivity index (χ0n) is 10.8. The van der Waals surface area contributed by atoms with Crippen LogP contribution in [0, 0.1) is 0 Å². The summed E-state index contributed by atoms with van der Waals surface area (Å²) in [4.78, 5) is 0.208. The van der Waals surface area contributed by atoms with Crippen LogP contribution in [0.5, 0.6) is 11.5 Å². The Morgan fingerprint density at radius 1 is 1.21 bits per heavy atom. The fraction of sp³-hybridized carbons (Fsp3) is 0.538. The SMILES string of the molecule is CN(C1CCC1)S(=O)(=O)c1cccc2c1OCCO2. The Balaban J connectivity index is 2.01. The molecule has 0 unspecified atom stereocenters. The highest BCUT2D eigenvalue weighted by Crippen LogP contribution is 2.39. The van der Waals surface area contributed by atoms with Gasteiger partial charge in [-0.1, -0.05) is 12.5 Å². The van der Waals surface area contributed by atoms with Crippen molar-refractivity contribution >= 4 is 10.0 Å². The Morgan fingerprint density at radius 3 is 2.63 bits per heavy atom. The molecular weight excluding hydrogens is 266 g/mol. The molecular formula is C13H17NO4S. The average Bonchev–Trinajstić information content (AvgIpc) is 2.36. The molecule has 1 heterocycles. The van der Waals surface area contributed by atoms with Crippen LogP contribution in [0.4, 0.5) is 0 Å². The minimum Gasteiger partial charge on any atom is -0.486 e. The van der Waals surface area contributed by atoms with Crippen LogP contribution in [0.2, 0.25) is 0 Å². The second kappa shape index (κ2) is 4.68. The minimum absolute atomic E-state index is 0.116. The van der Waals surface area contributed by atoms with Crippen LogP contribution < -0.4 is 9.47 Å². The van der Waals surface area contributed by atoms with E-state index in [2.05, 4.69) is 0 Å². The maximum absolute atomic E-state index is 12.6. The van der Waals surface area contributed by atoms with Crippen LogP contribution in [-0.4, -0.2) is 39.0 Å². The molecule has 0 spiro atoms. The van der Waals surface area contributed by atoms with Gasteiger partial charge in [0.15, 0.2) is 11.5 Å². The van der Waals surface area contributed by atoms with Gasteiger partial charge in [0, 0.05) is 13.1 Å². The van der Waals surface area contributed by atoms with Crippen molar-refractivity contribution in [1.82, 2.24) is 4.31 Å². The van der Waals surface area contributed by atoms with Gasteiger partial charge in [-0.25, -0.2) is 8.42 Å². The number of hydrogen-bond donors (Lipinski definition) is 0. The number of nitrogens with zero attached hydrogens (tertiary/aromatic N) is 1. The Labute approximate surface area is 113 Å². The molecule has 1 fully saturated rings. The highest BCUT2D eigenvalue weighted by Gasteiger charge is 2.34. The van der Waals surface area contributed by atoms with Crippen molar-refractivity contribution < 1.29 is 17.9 Å². The first-order valence-electron chi connectivity index (χ1n) is 6.47. The van der Waals surface area contributed by atoms with Gasteiger partial charge in [-0.2, -0.15) is 4.31 Å². The third-order valence-electron chi connectivity index (χ3n) is 3.78. The van der Waals surface area contributed by atoms with Gasteiger partial charge in [-0.3, -0.25) is 0 Å². The third kappa shape index (κ3) is 2.08. The summed E-state index contributed by atoms with van der Waals surface area (Å²) < 4.78 is 37.6. The quantitative estimate of drug-likeness (QED) is 0.846. The molecule has 1 aliphatic carbocycles. The molecule has 3 rings (SSSR count). The number of rotatable bonds is 3. The molecule has 5 nitrogen and oxygen atoms in total. The lowest BCUT2D eigenvalue weighted by Crippen LogP contribution is -2.41. The molecule has 19 heavy (non-hydrogen) atoms. The molecule has 0 radical (unpaired) electrons. The summed E-state index contributed by atoms with van der Waals surface area (Å²) >= 11 is 0. The van der Waals surface area contributed by atoms with Crippen molar-refractivity contribution in [2.24, 2.45) is 0 Å². The fourth-order valence-corrected chi connectivity index (χ4v) is 3.91. The van der Waals surface area contributed by atoms with Crippen molar-refractivity contribution in [3.05, 3.63) is 18.2 Å². The molecule has 104 valence electrons. The minimum atomic E-state index is -3.51. The first kappa shape index (κ1) is 12.7. The molecule has 0 bridgehead atoms. The van der Waals surface area contributed by atoms with Crippen LogP contribution in [0.15, 0.2) is 23.1 Å². The van der Waals surface area contributed by atoms with Crippen LogP contribution >= 0.6 is 0 Å². The Hall–Kier alpha value is -1.27. The van der Waals surface area contributed by atoms with E-state index in [1.54, 1.807) is 25.2 Å². The van der Waals surface area contributed by atoms with Crippen LogP contribution in [0.3, 0.4) is 0 Å². The molecule has 1 saturated carbocycles. The Kier molecular flexibility index (Phi) is 3.14. The lowest BCUT2D eigenvalue weighted by molar-refractivity contribution is 0.166. The largest absolute Gasteiger partial charge is 0.486 e. The fourth-order valence-electron chi connectivity index (χ4n) is 2.35. The zero-order chi connectivity index (χ0) is 13.5. The van der Waals surface area contributed by atoms with Crippen molar-refractivity contribution in [2.45, 2.75) is 30.2 Å². The molecule has 0 atom stereocenters.